The van der Waals surface area contributed by atoms with Gasteiger partial charge in [-0.15, -0.1) is 0 Å². The molecule has 22 heavy (non-hydrogen) atoms. The quantitative estimate of drug-likeness (QED) is 0.732. The van der Waals surface area contributed by atoms with E-state index in [9.17, 15) is 13.2 Å². The molecule has 6 heteroatoms. The van der Waals surface area contributed by atoms with E-state index in [4.69, 9.17) is 5.73 Å². The summed E-state index contributed by atoms with van der Waals surface area (Å²) in [6.07, 6.45) is -1.34. The topological polar surface area (TPSA) is 51.8 Å². The molecule has 0 aliphatic carbocycles. The van der Waals surface area contributed by atoms with E-state index in [2.05, 4.69) is 9.97 Å². The number of fused-ring (bicyclic) bond motifs is 1. The third kappa shape index (κ3) is 2.59. The number of alkyl halides is 3. The summed E-state index contributed by atoms with van der Waals surface area (Å²) >= 11 is 0. The fourth-order valence-corrected chi connectivity index (χ4v) is 2.38. The Bertz CT molecular complexity index is 857. The second-order valence-electron chi connectivity index (χ2n) is 5.05. The van der Waals surface area contributed by atoms with Crippen LogP contribution in [0.5, 0.6) is 0 Å². The molecule has 0 unspecified atom stereocenters. The summed E-state index contributed by atoms with van der Waals surface area (Å²) in [6.45, 7) is 1.79. The van der Waals surface area contributed by atoms with Gasteiger partial charge in [-0.05, 0) is 42.8 Å². The van der Waals surface area contributed by atoms with Gasteiger partial charge in [-0.2, -0.15) is 13.2 Å². The number of halogens is 3. The Hall–Kier alpha value is -2.63. The number of anilines is 1. The van der Waals surface area contributed by atoms with Gasteiger partial charge in [0.2, 0.25) is 0 Å². The largest absolute Gasteiger partial charge is 0.416 e. The number of hydrogen-bond donors (Lipinski definition) is 1. The van der Waals surface area contributed by atoms with Crippen LogP contribution >= 0.6 is 0 Å². The van der Waals surface area contributed by atoms with Gasteiger partial charge in [-0.3, -0.25) is 9.97 Å². The average molecular weight is 303 g/mol. The standard InChI is InChI=1S/C16H12F3N3/c1-9-4-13(10-5-12(20)8-21-7-10)14-6-11(16(17,18)19)2-3-15(14)22-9/h2-8H,20H2,1H3. The molecule has 3 aromatic rings. The van der Waals surface area contributed by atoms with Crippen molar-refractivity contribution >= 4 is 16.6 Å². The lowest BCUT2D eigenvalue weighted by atomic mass is 9.99. The van der Waals surface area contributed by atoms with Gasteiger partial charge in [0.05, 0.1) is 16.8 Å². The highest BCUT2D eigenvalue weighted by molar-refractivity contribution is 5.95. The smallest absolute Gasteiger partial charge is 0.397 e. The van der Waals surface area contributed by atoms with Crippen LogP contribution in [0.15, 0.2) is 42.7 Å². The van der Waals surface area contributed by atoms with Gasteiger partial charge in [-0.1, -0.05) is 0 Å². The summed E-state index contributed by atoms with van der Waals surface area (Å²) in [7, 11) is 0. The van der Waals surface area contributed by atoms with E-state index in [0.717, 1.165) is 12.1 Å². The van der Waals surface area contributed by atoms with Gasteiger partial charge in [0, 0.05) is 29.0 Å². The number of aryl methyl sites for hydroxylation is 1. The van der Waals surface area contributed by atoms with E-state index in [-0.39, 0.29) is 0 Å². The first-order valence-corrected chi connectivity index (χ1v) is 6.54. The second-order valence-corrected chi connectivity index (χ2v) is 5.05. The molecule has 0 saturated carbocycles. The molecule has 0 saturated heterocycles. The summed E-state index contributed by atoms with van der Waals surface area (Å²) in [4.78, 5) is 8.29. The van der Waals surface area contributed by atoms with Crippen LogP contribution < -0.4 is 5.73 Å². The van der Waals surface area contributed by atoms with E-state index in [1.807, 2.05) is 0 Å². The predicted octanol–water partition coefficient (Wildman–Crippen LogP) is 4.21. The molecule has 0 amide bonds. The molecule has 3 rings (SSSR count). The average Bonchev–Trinajstić information content (AvgIpc) is 2.45. The fourth-order valence-electron chi connectivity index (χ4n) is 2.38. The fraction of sp³-hybridized carbons (Fsp3) is 0.125. The van der Waals surface area contributed by atoms with Crippen molar-refractivity contribution in [2.24, 2.45) is 0 Å². The van der Waals surface area contributed by atoms with Crippen LogP contribution in [0.4, 0.5) is 18.9 Å². The summed E-state index contributed by atoms with van der Waals surface area (Å²) in [5.41, 5.74) is 7.98. The van der Waals surface area contributed by atoms with Crippen LogP contribution in [0.1, 0.15) is 11.3 Å². The van der Waals surface area contributed by atoms with Crippen LogP contribution in [0.25, 0.3) is 22.0 Å². The van der Waals surface area contributed by atoms with Crippen molar-refractivity contribution in [3.63, 3.8) is 0 Å². The van der Waals surface area contributed by atoms with Crippen molar-refractivity contribution in [1.82, 2.24) is 9.97 Å². The highest BCUT2D eigenvalue weighted by atomic mass is 19.4. The molecule has 112 valence electrons. The van der Waals surface area contributed by atoms with Crippen LogP contribution in [0, 0.1) is 6.92 Å². The molecule has 0 aliphatic rings. The Morgan fingerprint density at radius 1 is 1.05 bits per heavy atom. The molecule has 0 bridgehead atoms. The summed E-state index contributed by atoms with van der Waals surface area (Å²) < 4.78 is 38.8. The molecular weight excluding hydrogens is 291 g/mol. The number of nitrogen functional groups attached to an aromatic ring is 1. The van der Waals surface area contributed by atoms with Gasteiger partial charge in [0.15, 0.2) is 0 Å². The van der Waals surface area contributed by atoms with Crippen LogP contribution in [0.3, 0.4) is 0 Å². The number of aromatic nitrogens is 2. The SMILES string of the molecule is Cc1cc(-c2cncc(N)c2)c2cc(C(F)(F)F)ccc2n1. The Morgan fingerprint density at radius 2 is 1.82 bits per heavy atom. The zero-order valence-electron chi connectivity index (χ0n) is 11.6. The molecule has 3 nitrogen and oxygen atoms in total. The van der Waals surface area contributed by atoms with Crippen LogP contribution in [0.2, 0.25) is 0 Å². The lowest BCUT2D eigenvalue weighted by molar-refractivity contribution is -0.137. The van der Waals surface area contributed by atoms with E-state index >= 15 is 0 Å². The zero-order chi connectivity index (χ0) is 15.9. The van der Waals surface area contributed by atoms with E-state index in [0.29, 0.717) is 33.4 Å². The van der Waals surface area contributed by atoms with Gasteiger partial charge in [0.1, 0.15) is 0 Å². The van der Waals surface area contributed by atoms with Crippen molar-refractivity contribution in [2.75, 3.05) is 5.73 Å². The molecule has 0 atom stereocenters. The van der Waals surface area contributed by atoms with E-state index in [1.165, 1.54) is 12.3 Å². The lowest BCUT2D eigenvalue weighted by Gasteiger charge is -2.12. The Labute approximate surface area is 124 Å². The van der Waals surface area contributed by atoms with Crippen molar-refractivity contribution < 1.29 is 13.2 Å². The number of benzene rings is 1. The van der Waals surface area contributed by atoms with Gasteiger partial charge < -0.3 is 5.73 Å². The summed E-state index contributed by atoms with van der Waals surface area (Å²) in [5.74, 6) is 0. The lowest BCUT2D eigenvalue weighted by Crippen LogP contribution is -2.04. The first-order chi connectivity index (χ1) is 10.3. The van der Waals surface area contributed by atoms with Crippen LogP contribution in [-0.4, -0.2) is 9.97 Å². The van der Waals surface area contributed by atoms with E-state index in [1.54, 1.807) is 25.3 Å². The van der Waals surface area contributed by atoms with Crippen molar-refractivity contribution in [2.45, 2.75) is 13.1 Å². The molecule has 0 spiro atoms. The van der Waals surface area contributed by atoms with Gasteiger partial charge in [-0.25, -0.2) is 0 Å². The minimum atomic E-state index is -4.40. The third-order valence-corrected chi connectivity index (χ3v) is 3.33. The molecular formula is C16H12F3N3. The normalized spacial score (nSPS) is 11.8. The zero-order valence-corrected chi connectivity index (χ0v) is 11.6. The Kier molecular flexibility index (Phi) is 3.24. The molecule has 0 fully saturated rings. The van der Waals surface area contributed by atoms with Crippen molar-refractivity contribution in [1.29, 1.82) is 0 Å². The molecule has 0 aliphatic heterocycles. The predicted molar refractivity (Wildman–Crippen MR) is 79.1 cm³/mol. The van der Waals surface area contributed by atoms with Crippen molar-refractivity contribution in [3.05, 3.63) is 54.0 Å². The molecule has 1 aromatic carbocycles. The monoisotopic (exact) mass is 303 g/mol. The van der Waals surface area contributed by atoms with E-state index < -0.39 is 11.7 Å². The number of nitrogens with two attached hydrogens (primary N) is 1. The summed E-state index contributed by atoms with van der Waals surface area (Å²) in [6, 6.07) is 6.95. The maximum atomic E-state index is 12.9. The highest BCUT2D eigenvalue weighted by Gasteiger charge is 2.30. The van der Waals surface area contributed by atoms with Gasteiger partial charge in [0.25, 0.3) is 0 Å². The Balaban J connectivity index is 2.32. The minimum Gasteiger partial charge on any atom is -0.397 e. The molecule has 2 N–H and O–H groups in total. The molecule has 0 radical (unpaired) electrons. The number of rotatable bonds is 1. The number of nitrogens with zero attached hydrogens (tertiary/aromatic N) is 2. The molecule has 2 heterocycles. The van der Waals surface area contributed by atoms with Gasteiger partial charge >= 0.3 is 6.18 Å². The van der Waals surface area contributed by atoms with Crippen molar-refractivity contribution in [3.8, 4) is 11.1 Å². The highest BCUT2D eigenvalue weighted by Crippen LogP contribution is 2.35. The summed E-state index contributed by atoms with van der Waals surface area (Å²) in [5, 5.41) is 0.424. The Morgan fingerprint density at radius 3 is 2.50 bits per heavy atom. The first-order valence-electron chi connectivity index (χ1n) is 6.54. The number of hydrogen-bond acceptors (Lipinski definition) is 3. The maximum Gasteiger partial charge on any atom is 0.416 e. The first kappa shape index (κ1) is 14.3. The second kappa shape index (κ2) is 4.98. The molecule has 2 aromatic heterocycles. The third-order valence-electron chi connectivity index (χ3n) is 3.33. The minimum absolute atomic E-state index is 0.424. The maximum absolute atomic E-state index is 12.9. The number of pyridine rings is 2. The van der Waals surface area contributed by atoms with Crippen LogP contribution in [-0.2, 0) is 6.18 Å².